The van der Waals surface area contributed by atoms with Gasteiger partial charge in [0, 0.05) is 15.6 Å². The third kappa shape index (κ3) is 5.54. The summed E-state index contributed by atoms with van der Waals surface area (Å²) in [6.45, 7) is 4.26. The minimum absolute atomic E-state index is 0.535. The molecule has 0 N–H and O–H groups in total. The molecule has 0 aliphatic carbocycles. The molecule has 0 aromatic heterocycles. The van der Waals surface area contributed by atoms with Crippen LogP contribution in [0.2, 0.25) is 0 Å². The molecule has 3 nitrogen and oxygen atoms in total. The molecule has 4 aromatic rings. The van der Waals surface area contributed by atoms with Crippen molar-refractivity contribution in [2.75, 3.05) is 0 Å². The van der Waals surface area contributed by atoms with Gasteiger partial charge < -0.3 is 0 Å². The number of benzene rings is 4. The summed E-state index contributed by atoms with van der Waals surface area (Å²) in [6.07, 6.45) is 0. The molecule has 0 unspecified atom stereocenters. The summed E-state index contributed by atoms with van der Waals surface area (Å²) in [6, 6.07) is 36.6. The van der Waals surface area contributed by atoms with E-state index in [9.17, 15) is 0 Å². The van der Waals surface area contributed by atoms with Crippen molar-refractivity contribution < 1.29 is 0 Å². The number of halogens is 1. The molecule has 0 atom stereocenters. The van der Waals surface area contributed by atoms with E-state index in [1.807, 2.05) is 60.7 Å². The fraction of sp³-hybridized carbons (Fsp3) is 0.0357. The van der Waals surface area contributed by atoms with Gasteiger partial charge in [0.2, 0.25) is 0 Å². The fourth-order valence-corrected chi connectivity index (χ4v) is 3.54. The highest BCUT2D eigenvalue weighted by molar-refractivity contribution is 9.10. The van der Waals surface area contributed by atoms with Gasteiger partial charge in [-0.2, -0.15) is 0 Å². The monoisotopic (exact) mass is 479 g/mol. The van der Waals surface area contributed by atoms with E-state index in [0.29, 0.717) is 18.2 Å². The van der Waals surface area contributed by atoms with Gasteiger partial charge in [-0.05, 0) is 35.5 Å². The normalized spacial score (nSPS) is 11.9. The Morgan fingerprint density at radius 3 is 1.75 bits per heavy atom. The second kappa shape index (κ2) is 10.6. The lowest BCUT2D eigenvalue weighted by molar-refractivity contribution is 1.06. The number of aliphatic imine (C=N–C) groups is 3. The summed E-state index contributed by atoms with van der Waals surface area (Å²) < 4.78 is 1.06. The number of nitrogens with zero attached hydrogens (tertiary/aromatic N) is 3. The maximum absolute atomic E-state index is 4.83. The first-order chi connectivity index (χ1) is 15.7. The first-order valence-electron chi connectivity index (χ1n) is 10.3. The summed E-state index contributed by atoms with van der Waals surface area (Å²) in [7, 11) is 0. The van der Waals surface area contributed by atoms with E-state index in [-0.39, 0.29) is 0 Å². The molecular weight excluding hydrogens is 458 g/mol. The molecule has 0 amide bonds. The first-order valence-corrected chi connectivity index (χ1v) is 11.1. The summed E-state index contributed by atoms with van der Waals surface area (Å²) in [5.74, 6) is 1.18. The molecule has 0 aliphatic rings. The van der Waals surface area contributed by atoms with Crippen molar-refractivity contribution >= 4 is 34.3 Å². The van der Waals surface area contributed by atoms with Gasteiger partial charge in [-0.3, -0.25) is 4.99 Å². The Morgan fingerprint density at radius 1 is 0.625 bits per heavy atom. The van der Waals surface area contributed by atoms with Crippen LogP contribution in [0, 0.1) is 0 Å². The standard InChI is InChI=1S/C28H22BrN3/c1-30-27(24-10-6-3-7-11-24)32-28(31-20-21-8-4-2-5-9-21)25-14-12-22(13-15-25)23-16-18-26(29)19-17-23/h2-19H,1,20H2/b31-28-,32-27-. The van der Waals surface area contributed by atoms with Crippen LogP contribution in [0.1, 0.15) is 16.7 Å². The zero-order valence-corrected chi connectivity index (χ0v) is 19.1. The van der Waals surface area contributed by atoms with Gasteiger partial charge in [0.25, 0.3) is 0 Å². The lowest BCUT2D eigenvalue weighted by Crippen LogP contribution is -2.05. The predicted octanol–water partition coefficient (Wildman–Crippen LogP) is 7.21. The van der Waals surface area contributed by atoms with Gasteiger partial charge in [0.05, 0.1) is 6.54 Å². The van der Waals surface area contributed by atoms with Crippen molar-refractivity contribution in [2.45, 2.75) is 6.54 Å². The van der Waals surface area contributed by atoms with E-state index in [4.69, 9.17) is 9.98 Å². The summed E-state index contributed by atoms with van der Waals surface area (Å²) >= 11 is 3.49. The van der Waals surface area contributed by atoms with Gasteiger partial charge >= 0.3 is 0 Å². The van der Waals surface area contributed by atoms with Crippen molar-refractivity contribution in [2.24, 2.45) is 15.0 Å². The van der Waals surface area contributed by atoms with E-state index in [0.717, 1.165) is 32.3 Å². The maximum atomic E-state index is 4.83. The maximum Gasteiger partial charge on any atom is 0.161 e. The predicted molar refractivity (Wildman–Crippen MR) is 139 cm³/mol. The van der Waals surface area contributed by atoms with Crippen LogP contribution in [0.5, 0.6) is 0 Å². The van der Waals surface area contributed by atoms with Crippen LogP contribution in [0.3, 0.4) is 0 Å². The second-order valence-electron chi connectivity index (χ2n) is 7.17. The number of hydrogen-bond donors (Lipinski definition) is 0. The topological polar surface area (TPSA) is 37.1 Å². The molecule has 0 fully saturated rings. The minimum atomic E-state index is 0.535. The number of hydrogen-bond acceptors (Lipinski definition) is 1. The van der Waals surface area contributed by atoms with Crippen LogP contribution in [-0.4, -0.2) is 18.4 Å². The molecule has 0 saturated carbocycles. The summed E-state index contributed by atoms with van der Waals surface area (Å²) in [5.41, 5.74) is 5.25. The van der Waals surface area contributed by atoms with Crippen LogP contribution in [0.4, 0.5) is 0 Å². The average molecular weight is 480 g/mol. The van der Waals surface area contributed by atoms with Gasteiger partial charge in [-0.15, -0.1) is 0 Å². The lowest BCUT2D eigenvalue weighted by atomic mass is 10.0. The zero-order chi connectivity index (χ0) is 22.2. The van der Waals surface area contributed by atoms with E-state index in [2.05, 4.69) is 76.2 Å². The highest BCUT2D eigenvalue weighted by Crippen LogP contribution is 2.23. The number of amidine groups is 2. The van der Waals surface area contributed by atoms with Crippen LogP contribution >= 0.6 is 15.9 Å². The molecule has 4 aromatic carbocycles. The molecule has 0 aliphatic heterocycles. The highest BCUT2D eigenvalue weighted by atomic mass is 79.9. The van der Waals surface area contributed by atoms with Crippen LogP contribution in [0.15, 0.2) is 129 Å². The Balaban J connectivity index is 1.70. The molecule has 32 heavy (non-hydrogen) atoms. The Kier molecular flexibility index (Phi) is 7.15. The summed E-state index contributed by atoms with van der Waals surface area (Å²) in [5, 5.41) is 0. The Labute approximate surface area is 197 Å². The van der Waals surface area contributed by atoms with Crippen LogP contribution < -0.4 is 0 Å². The van der Waals surface area contributed by atoms with Gasteiger partial charge in [-0.25, -0.2) is 9.98 Å². The Bertz CT molecular complexity index is 1230. The average Bonchev–Trinajstić information content (AvgIpc) is 2.86. The third-order valence-corrected chi connectivity index (χ3v) is 5.50. The van der Waals surface area contributed by atoms with E-state index in [1.165, 1.54) is 0 Å². The van der Waals surface area contributed by atoms with E-state index >= 15 is 0 Å². The van der Waals surface area contributed by atoms with Crippen LogP contribution in [0.25, 0.3) is 11.1 Å². The lowest BCUT2D eigenvalue weighted by Gasteiger charge is -2.08. The minimum Gasteiger partial charge on any atom is -0.261 e. The molecular formula is C28H22BrN3. The first kappa shape index (κ1) is 21.6. The molecule has 0 radical (unpaired) electrons. The third-order valence-electron chi connectivity index (χ3n) is 4.97. The fourth-order valence-electron chi connectivity index (χ4n) is 3.27. The molecule has 4 heteroatoms. The molecule has 156 valence electrons. The quantitative estimate of drug-likeness (QED) is 0.214. The summed E-state index contributed by atoms with van der Waals surface area (Å²) in [4.78, 5) is 13.8. The SMILES string of the molecule is C=N/C(=N\C(=N/Cc1ccccc1)c1ccc(-c2ccc(Br)cc2)cc1)c1ccccc1. The van der Waals surface area contributed by atoms with Crippen molar-refractivity contribution in [3.8, 4) is 11.1 Å². The Hall–Kier alpha value is -3.63. The van der Waals surface area contributed by atoms with Crippen molar-refractivity contribution in [1.82, 2.24) is 0 Å². The van der Waals surface area contributed by atoms with Gasteiger partial charge in [0.15, 0.2) is 11.7 Å². The smallest absolute Gasteiger partial charge is 0.161 e. The Morgan fingerprint density at radius 2 is 1.16 bits per heavy atom. The highest BCUT2D eigenvalue weighted by Gasteiger charge is 2.08. The van der Waals surface area contributed by atoms with Crippen molar-refractivity contribution in [3.05, 3.63) is 130 Å². The van der Waals surface area contributed by atoms with Crippen molar-refractivity contribution in [3.63, 3.8) is 0 Å². The van der Waals surface area contributed by atoms with E-state index < -0.39 is 0 Å². The van der Waals surface area contributed by atoms with Gasteiger partial charge in [-0.1, -0.05) is 113 Å². The molecule has 4 rings (SSSR count). The number of rotatable bonds is 5. The second-order valence-corrected chi connectivity index (χ2v) is 8.08. The van der Waals surface area contributed by atoms with Crippen LogP contribution in [-0.2, 0) is 6.54 Å². The largest absolute Gasteiger partial charge is 0.261 e. The zero-order valence-electron chi connectivity index (χ0n) is 17.5. The van der Waals surface area contributed by atoms with E-state index in [1.54, 1.807) is 0 Å². The molecule has 0 heterocycles. The molecule has 0 spiro atoms. The van der Waals surface area contributed by atoms with Gasteiger partial charge in [0.1, 0.15) is 0 Å². The van der Waals surface area contributed by atoms with Crippen molar-refractivity contribution in [1.29, 1.82) is 0 Å². The molecule has 0 saturated heterocycles. The molecule has 0 bridgehead atoms.